The molecule has 2 unspecified atom stereocenters. The number of carboxylic acids is 1. The minimum Gasteiger partial charge on any atom is -0.481 e. The van der Waals surface area contributed by atoms with E-state index in [1.165, 1.54) is 38.5 Å². The lowest BCUT2D eigenvalue weighted by Gasteiger charge is -2.36. The first-order valence-electron chi connectivity index (χ1n) is 7.67. The van der Waals surface area contributed by atoms with Crippen LogP contribution < -0.4 is 0 Å². The number of aliphatic carboxylic acids is 1. The predicted octanol–water partition coefficient (Wildman–Crippen LogP) is 3.14. The fraction of sp³-hybridized carbons (Fsp3) is 0.933. The lowest BCUT2D eigenvalue weighted by atomic mass is 9.94. The summed E-state index contributed by atoms with van der Waals surface area (Å²) in [7, 11) is 0. The summed E-state index contributed by atoms with van der Waals surface area (Å²) in [4.78, 5) is 13.5. The molecule has 2 rings (SSSR count). The quantitative estimate of drug-likeness (QED) is 0.786. The molecule has 0 spiro atoms. The van der Waals surface area contributed by atoms with Crippen LogP contribution in [0.25, 0.3) is 0 Å². The first-order chi connectivity index (χ1) is 8.70. The number of likely N-dealkylation sites (tertiary alicyclic amines) is 1. The summed E-state index contributed by atoms with van der Waals surface area (Å²) in [5, 5.41) is 9.03. The molecule has 104 valence electrons. The third kappa shape index (κ3) is 3.47. The average molecular weight is 253 g/mol. The molecule has 1 heterocycles. The molecule has 2 atom stereocenters. The summed E-state index contributed by atoms with van der Waals surface area (Å²) in [6.07, 6.45) is 9.82. The number of rotatable bonds is 3. The van der Waals surface area contributed by atoms with Crippen molar-refractivity contribution in [3.05, 3.63) is 0 Å². The molecule has 1 aliphatic carbocycles. The van der Waals surface area contributed by atoms with Crippen LogP contribution in [0, 0.1) is 11.8 Å². The van der Waals surface area contributed by atoms with Gasteiger partial charge in [-0.15, -0.1) is 0 Å². The molecular formula is C15H27NO2. The summed E-state index contributed by atoms with van der Waals surface area (Å²) in [6, 6.07) is 0.733. The molecule has 0 bridgehead atoms. The van der Waals surface area contributed by atoms with Gasteiger partial charge in [0.25, 0.3) is 0 Å². The maximum absolute atomic E-state index is 11.0. The van der Waals surface area contributed by atoms with E-state index >= 15 is 0 Å². The Labute approximate surface area is 111 Å². The maximum atomic E-state index is 11.0. The van der Waals surface area contributed by atoms with Gasteiger partial charge in [0, 0.05) is 6.04 Å². The van der Waals surface area contributed by atoms with E-state index in [-0.39, 0.29) is 5.92 Å². The van der Waals surface area contributed by atoms with Crippen molar-refractivity contribution in [2.24, 2.45) is 11.8 Å². The lowest BCUT2D eigenvalue weighted by Crippen LogP contribution is -2.42. The molecule has 1 aliphatic heterocycles. The summed E-state index contributed by atoms with van der Waals surface area (Å²) < 4.78 is 0. The van der Waals surface area contributed by atoms with Crippen molar-refractivity contribution in [2.45, 2.75) is 64.3 Å². The number of nitrogens with zero attached hydrogens (tertiary/aromatic N) is 1. The van der Waals surface area contributed by atoms with Gasteiger partial charge in [-0.3, -0.25) is 4.79 Å². The smallest absolute Gasteiger partial charge is 0.306 e. The molecule has 0 aromatic rings. The van der Waals surface area contributed by atoms with Gasteiger partial charge in [-0.05, 0) is 51.1 Å². The van der Waals surface area contributed by atoms with Crippen molar-refractivity contribution in [3.8, 4) is 0 Å². The van der Waals surface area contributed by atoms with Gasteiger partial charge < -0.3 is 10.0 Å². The topological polar surface area (TPSA) is 40.5 Å². The van der Waals surface area contributed by atoms with Gasteiger partial charge >= 0.3 is 5.97 Å². The lowest BCUT2D eigenvalue weighted by molar-refractivity contribution is -0.143. The Morgan fingerprint density at radius 2 is 1.83 bits per heavy atom. The Balaban J connectivity index is 1.80. The highest BCUT2D eigenvalue weighted by atomic mass is 16.4. The van der Waals surface area contributed by atoms with Gasteiger partial charge in [-0.1, -0.05) is 26.2 Å². The Morgan fingerprint density at radius 1 is 1.11 bits per heavy atom. The monoisotopic (exact) mass is 253 g/mol. The van der Waals surface area contributed by atoms with Crippen molar-refractivity contribution >= 4 is 5.97 Å². The Morgan fingerprint density at radius 3 is 2.44 bits per heavy atom. The third-order valence-corrected chi connectivity index (χ3v) is 5.03. The van der Waals surface area contributed by atoms with Gasteiger partial charge in [-0.25, -0.2) is 0 Å². The summed E-state index contributed by atoms with van der Waals surface area (Å²) in [5.74, 6) is 0.253. The highest BCUT2D eigenvalue weighted by molar-refractivity contribution is 5.70. The van der Waals surface area contributed by atoms with Gasteiger partial charge in [-0.2, -0.15) is 0 Å². The standard InChI is InChI=1S/C15H27NO2/c1-2-12-4-3-5-14(7-6-12)16-10-8-13(9-11-16)15(17)18/h12-14H,2-11H2,1H3,(H,17,18). The third-order valence-electron chi connectivity index (χ3n) is 5.03. The highest BCUT2D eigenvalue weighted by Gasteiger charge is 2.29. The molecule has 3 nitrogen and oxygen atoms in total. The Bertz CT molecular complexity index is 272. The van der Waals surface area contributed by atoms with Crippen LogP contribution in [-0.4, -0.2) is 35.1 Å². The molecule has 2 fully saturated rings. The van der Waals surface area contributed by atoms with Crippen molar-refractivity contribution < 1.29 is 9.90 Å². The van der Waals surface area contributed by atoms with Crippen LogP contribution in [0.3, 0.4) is 0 Å². The first kappa shape index (κ1) is 13.9. The maximum Gasteiger partial charge on any atom is 0.306 e. The van der Waals surface area contributed by atoms with E-state index in [0.29, 0.717) is 0 Å². The molecule has 3 heteroatoms. The van der Waals surface area contributed by atoms with E-state index in [0.717, 1.165) is 37.9 Å². The fourth-order valence-electron chi connectivity index (χ4n) is 3.64. The van der Waals surface area contributed by atoms with Crippen molar-refractivity contribution in [3.63, 3.8) is 0 Å². The summed E-state index contributed by atoms with van der Waals surface area (Å²) in [6.45, 7) is 4.31. The van der Waals surface area contributed by atoms with E-state index < -0.39 is 5.97 Å². The largest absolute Gasteiger partial charge is 0.481 e. The Kier molecular flexibility index (Phi) is 5.04. The molecule has 0 aromatic heterocycles. The number of carboxylic acid groups (broad SMARTS) is 1. The van der Waals surface area contributed by atoms with E-state index in [2.05, 4.69) is 11.8 Å². The van der Waals surface area contributed by atoms with Crippen LogP contribution in [-0.2, 0) is 4.79 Å². The van der Waals surface area contributed by atoms with E-state index in [4.69, 9.17) is 5.11 Å². The van der Waals surface area contributed by atoms with E-state index in [9.17, 15) is 4.79 Å². The zero-order valence-electron chi connectivity index (χ0n) is 11.6. The molecule has 1 saturated carbocycles. The second-order valence-corrected chi connectivity index (χ2v) is 6.08. The van der Waals surface area contributed by atoms with E-state index in [1.807, 2.05) is 0 Å². The van der Waals surface area contributed by atoms with E-state index in [1.54, 1.807) is 0 Å². The van der Waals surface area contributed by atoms with Gasteiger partial charge in [0.2, 0.25) is 0 Å². The number of carbonyl (C=O) groups is 1. The molecule has 0 aromatic carbocycles. The second kappa shape index (κ2) is 6.55. The highest BCUT2D eigenvalue weighted by Crippen LogP contribution is 2.30. The SMILES string of the molecule is CCC1CCCC(N2CCC(C(=O)O)CC2)CC1. The van der Waals surface area contributed by atoms with Crippen molar-refractivity contribution in [1.82, 2.24) is 4.90 Å². The zero-order valence-corrected chi connectivity index (χ0v) is 11.6. The van der Waals surface area contributed by atoms with Crippen LogP contribution in [0.5, 0.6) is 0 Å². The minimum absolute atomic E-state index is 0.0876. The zero-order chi connectivity index (χ0) is 13.0. The predicted molar refractivity (Wildman–Crippen MR) is 72.6 cm³/mol. The van der Waals surface area contributed by atoms with Gasteiger partial charge in [0.05, 0.1) is 5.92 Å². The van der Waals surface area contributed by atoms with Gasteiger partial charge in [0.15, 0.2) is 0 Å². The van der Waals surface area contributed by atoms with Crippen LogP contribution in [0.4, 0.5) is 0 Å². The molecule has 0 radical (unpaired) electrons. The molecular weight excluding hydrogens is 226 g/mol. The summed E-state index contributed by atoms with van der Waals surface area (Å²) >= 11 is 0. The number of hydrogen-bond acceptors (Lipinski definition) is 2. The van der Waals surface area contributed by atoms with Crippen LogP contribution >= 0.6 is 0 Å². The molecule has 1 N–H and O–H groups in total. The Hall–Kier alpha value is -0.570. The van der Waals surface area contributed by atoms with Crippen molar-refractivity contribution in [1.29, 1.82) is 0 Å². The van der Waals surface area contributed by atoms with Crippen molar-refractivity contribution in [2.75, 3.05) is 13.1 Å². The van der Waals surface area contributed by atoms with Crippen LogP contribution in [0.15, 0.2) is 0 Å². The first-order valence-corrected chi connectivity index (χ1v) is 7.67. The van der Waals surface area contributed by atoms with Crippen LogP contribution in [0.1, 0.15) is 58.3 Å². The second-order valence-electron chi connectivity index (χ2n) is 6.08. The number of hydrogen-bond donors (Lipinski definition) is 1. The molecule has 2 aliphatic rings. The summed E-state index contributed by atoms with van der Waals surface area (Å²) in [5.41, 5.74) is 0. The number of piperidine rings is 1. The fourth-order valence-corrected chi connectivity index (χ4v) is 3.64. The molecule has 0 amide bonds. The molecule has 1 saturated heterocycles. The normalized spacial score (nSPS) is 32.1. The van der Waals surface area contributed by atoms with Gasteiger partial charge in [0.1, 0.15) is 0 Å². The minimum atomic E-state index is -0.596. The molecule has 18 heavy (non-hydrogen) atoms. The van der Waals surface area contributed by atoms with Crippen LogP contribution in [0.2, 0.25) is 0 Å². The average Bonchev–Trinajstić information content (AvgIpc) is 2.64.